The summed E-state index contributed by atoms with van der Waals surface area (Å²) < 4.78 is 1.95. The topological polar surface area (TPSA) is 70.4 Å². The van der Waals surface area contributed by atoms with Crippen LogP contribution in [0.1, 0.15) is 12.6 Å². The van der Waals surface area contributed by atoms with E-state index in [1.165, 1.54) is 0 Å². The first kappa shape index (κ1) is 15.8. The Morgan fingerprint density at radius 1 is 1.28 bits per heavy atom. The maximum absolute atomic E-state index is 4.90. The van der Waals surface area contributed by atoms with Crippen LogP contribution in [0.25, 0.3) is 16.9 Å². The first-order chi connectivity index (χ1) is 12.2. The average Bonchev–Trinajstić information content (AvgIpc) is 2.96. The minimum atomic E-state index is 0.466. The lowest BCUT2D eigenvalue weighted by Crippen LogP contribution is -2.49. The summed E-state index contributed by atoms with van der Waals surface area (Å²) in [5, 5.41) is 11.5. The van der Waals surface area contributed by atoms with Crippen LogP contribution in [0.15, 0.2) is 30.5 Å². The van der Waals surface area contributed by atoms with E-state index in [1.54, 1.807) is 0 Å². The highest BCUT2D eigenvalue weighted by atomic mass is 15.3. The van der Waals surface area contributed by atoms with Crippen LogP contribution in [-0.2, 0) is 0 Å². The number of hydrogen-bond acceptors (Lipinski definition) is 6. The van der Waals surface area contributed by atoms with Gasteiger partial charge in [0.05, 0.1) is 11.4 Å². The van der Waals surface area contributed by atoms with Gasteiger partial charge in [-0.05, 0) is 38.1 Å². The van der Waals surface area contributed by atoms with Crippen molar-refractivity contribution >= 4 is 17.3 Å². The van der Waals surface area contributed by atoms with Crippen molar-refractivity contribution in [3.8, 4) is 11.3 Å². The molecule has 0 amide bonds. The van der Waals surface area contributed by atoms with Crippen molar-refractivity contribution in [3.63, 3.8) is 0 Å². The standard InChI is InChI=1S/C18H23N7/c1-12-11-24(9-8-20-12)17-5-4-16-22-13(2)18(25(16)23-17)14-6-7-21-15(10-14)19-3/h4-7,10,12,20H,8-9,11H2,1-3H3,(H,19,21)/t12-/m1/s1. The third kappa shape index (κ3) is 2.91. The lowest BCUT2D eigenvalue weighted by Gasteiger charge is -2.32. The van der Waals surface area contributed by atoms with E-state index < -0.39 is 0 Å². The van der Waals surface area contributed by atoms with Crippen molar-refractivity contribution in [3.05, 3.63) is 36.2 Å². The van der Waals surface area contributed by atoms with E-state index in [1.807, 2.05) is 42.9 Å². The molecule has 1 atom stereocenters. The molecule has 0 aromatic carbocycles. The fourth-order valence-corrected chi connectivity index (χ4v) is 3.39. The summed E-state index contributed by atoms with van der Waals surface area (Å²) in [6, 6.07) is 8.60. The molecule has 1 aliphatic rings. The molecular weight excluding hydrogens is 314 g/mol. The Hall–Kier alpha value is -2.67. The van der Waals surface area contributed by atoms with Crippen molar-refractivity contribution in [2.45, 2.75) is 19.9 Å². The summed E-state index contributed by atoms with van der Waals surface area (Å²) in [4.78, 5) is 11.3. The number of nitrogens with zero attached hydrogens (tertiary/aromatic N) is 5. The number of aryl methyl sites for hydroxylation is 1. The number of imidazole rings is 1. The van der Waals surface area contributed by atoms with Crippen LogP contribution < -0.4 is 15.5 Å². The molecule has 7 heteroatoms. The normalized spacial score (nSPS) is 17.9. The third-order valence-electron chi connectivity index (χ3n) is 4.62. The second-order valence-corrected chi connectivity index (χ2v) is 6.49. The Morgan fingerprint density at radius 2 is 2.16 bits per heavy atom. The number of pyridine rings is 1. The Labute approximate surface area is 147 Å². The SMILES string of the molecule is CNc1cc(-c2c(C)nc3ccc(N4CCN[C@H](C)C4)nn23)ccn1. The molecule has 1 aliphatic heterocycles. The number of hydrogen-bond donors (Lipinski definition) is 2. The van der Waals surface area contributed by atoms with Gasteiger partial charge >= 0.3 is 0 Å². The zero-order valence-corrected chi connectivity index (χ0v) is 14.8. The molecular formula is C18H23N7. The quantitative estimate of drug-likeness (QED) is 0.761. The summed E-state index contributed by atoms with van der Waals surface area (Å²) in [7, 11) is 1.87. The summed E-state index contributed by atoms with van der Waals surface area (Å²) >= 11 is 0. The van der Waals surface area contributed by atoms with Crippen molar-refractivity contribution in [2.75, 3.05) is 36.9 Å². The molecule has 25 heavy (non-hydrogen) atoms. The molecule has 0 radical (unpaired) electrons. The van der Waals surface area contributed by atoms with E-state index in [-0.39, 0.29) is 0 Å². The monoisotopic (exact) mass is 337 g/mol. The second kappa shape index (κ2) is 6.33. The van der Waals surface area contributed by atoms with Gasteiger partial charge in [0.2, 0.25) is 0 Å². The van der Waals surface area contributed by atoms with Gasteiger partial charge in [-0.2, -0.15) is 0 Å². The summed E-state index contributed by atoms with van der Waals surface area (Å²) in [6.45, 7) is 7.13. The van der Waals surface area contributed by atoms with Crippen LogP contribution in [0.4, 0.5) is 11.6 Å². The van der Waals surface area contributed by atoms with E-state index in [9.17, 15) is 0 Å². The number of fused-ring (bicyclic) bond motifs is 1. The van der Waals surface area contributed by atoms with E-state index in [4.69, 9.17) is 5.10 Å². The second-order valence-electron chi connectivity index (χ2n) is 6.49. The molecule has 1 saturated heterocycles. The average molecular weight is 337 g/mol. The van der Waals surface area contributed by atoms with Crippen LogP contribution >= 0.6 is 0 Å². The lowest BCUT2D eigenvalue weighted by molar-refractivity contribution is 0.481. The van der Waals surface area contributed by atoms with Gasteiger partial charge in [0.15, 0.2) is 5.65 Å². The molecule has 0 saturated carbocycles. The van der Waals surface area contributed by atoms with Gasteiger partial charge in [0.25, 0.3) is 0 Å². The maximum Gasteiger partial charge on any atom is 0.154 e. The fraction of sp³-hybridized carbons (Fsp3) is 0.389. The highest BCUT2D eigenvalue weighted by Gasteiger charge is 2.19. The first-order valence-corrected chi connectivity index (χ1v) is 8.64. The Bertz CT molecular complexity index is 902. The number of anilines is 2. The van der Waals surface area contributed by atoms with Crippen molar-refractivity contribution < 1.29 is 0 Å². The molecule has 4 heterocycles. The summed E-state index contributed by atoms with van der Waals surface area (Å²) in [5.74, 6) is 1.82. The van der Waals surface area contributed by atoms with E-state index in [2.05, 4.69) is 38.5 Å². The minimum absolute atomic E-state index is 0.466. The Kier molecular flexibility index (Phi) is 4.01. The van der Waals surface area contributed by atoms with Crippen molar-refractivity contribution in [1.82, 2.24) is 24.9 Å². The molecule has 130 valence electrons. The molecule has 4 rings (SSSR count). The zero-order chi connectivity index (χ0) is 17.4. The number of rotatable bonds is 3. The van der Waals surface area contributed by atoms with Gasteiger partial charge in [0, 0.05) is 44.5 Å². The van der Waals surface area contributed by atoms with E-state index >= 15 is 0 Å². The van der Waals surface area contributed by atoms with E-state index in [0.29, 0.717) is 6.04 Å². The van der Waals surface area contributed by atoms with Crippen LogP contribution in [0.2, 0.25) is 0 Å². The Balaban J connectivity index is 1.81. The van der Waals surface area contributed by atoms with Crippen LogP contribution in [-0.4, -0.2) is 52.3 Å². The highest BCUT2D eigenvalue weighted by molar-refractivity contribution is 5.69. The summed E-state index contributed by atoms with van der Waals surface area (Å²) in [5.41, 5.74) is 3.90. The lowest BCUT2D eigenvalue weighted by atomic mass is 10.1. The van der Waals surface area contributed by atoms with Crippen LogP contribution in [0.5, 0.6) is 0 Å². The molecule has 1 fully saturated rings. The molecule has 0 bridgehead atoms. The number of aromatic nitrogens is 4. The van der Waals surface area contributed by atoms with Crippen LogP contribution in [0, 0.1) is 6.92 Å². The summed E-state index contributed by atoms with van der Waals surface area (Å²) in [6.07, 6.45) is 1.81. The highest BCUT2D eigenvalue weighted by Crippen LogP contribution is 2.26. The molecule has 3 aromatic rings. The predicted molar refractivity (Wildman–Crippen MR) is 100 cm³/mol. The minimum Gasteiger partial charge on any atom is -0.373 e. The van der Waals surface area contributed by atoms with Gasteiger partial charge < -0.3 is 15.5 Å². The van der Waals surface area contributed by atoms with Crippen LogP contribution in [0.3, 0.4) is 0 Å². The fourth-order valence-electron chi connectivity index (χ4n) is 3.39. The number of nitrogens with one attached hydrogen (secondary N) is 2. The molecule has 0 spiro atoms. The Morgan fingerprint density at radius 3 is 2.96 bits per heavy atom. The third-order valence-corrected chi connectivity index (χ3v) is 4.62. The number of piperazine rings is 1. The molecule has 0 unspecified atom stereocenters. The smallest absolute Gasteiger partial charge is 0.154 e. The molecule has 7 nitrogen and oxygen atoms in total. The maximum atomic E-state index is 4.90. The molecule has 2 N–H and O–H groups in total. The molecule has 3 aromatic heterocycles. The predicted octanol–water partition coefficient (Wildman–Crippen LogP) is 1.94. The molecule has 0 aliphatic carbocycles. The largest absolute Gasteiger partial charge is 0.373 e. The van der Waals surface area contributed by atoms with E-state index in [0.717, 1.165) is 53.9 Å². The van der Waals surface area contributed by atoms with Gasteiger partial charge in [-0.15, -0.1) is 5.10 Å². The van der Waals surface area contributed by atoms with Gasteiger partial charge in [-0.3, -0.25) is 0 Å². The first-order valence-electron chi connectivity index (χ1n) is 8.64. The van der Waals surface area contributed by atoms with Crippen molar-refractivity contribution in [1.29, 1.82) is 0 Å². The van der Waals surface area contributed by atoms with Gasteiger partial charge in [-0.1, -0.05) is 0 Å². The van der Waals surface area contributed by atoms with Crippen molar-refractivity contribution in [2.24, 2.45) is 0 Å². The zero-order valence-electron chi connectivity index (χ0n) is 14.8. The van der Waals surface area contributed by atoms with Gasteiger partial charge in [-0.25, -0.2) is 14.5 Å². The van der Waals surface area contributed by atoms with Gasteiger partial charge in [0.1, 0.15) is 11.6 Å².